The minimum absolute atomic E-state index is 0.798. The Morgan fingerprint density at radius 1 is 1.06 bits per heavy atom. The molecule has 0 spiro atoms. The zero-order valence-corrected chi connectivity index (χ0v) is 12.3. The van der Waals surface area contributed by atoms with Crippen LogP contribution in [0.1, 0.15) is 73.6 Å². The zero-order valence-electron chi connectivity index (χ0n) is 12.3. The molecule has 3 atom stereocenters. The fourth-order valence-corrected chi connectivity index (χ4v) is 2.47. The second-order valence-corrected chi connectivity index (χ2v) is 5.46. The van der Waals surface area contributed by atoms with Gasteiger partial charge in [-0.2, -0.15) is 0 Å². The third kappa shape index (κ3) is 5.72. The number of hydrogen-bond donors (Lipinski definition) is 0. The van der Waals surface area contributed by atoms with E-state index < -0.39 is 0 Å². The van der Waals surface area contributed by atoms with Gasteiger partial charge in [-0.15, -0.1) is 0 Å². The van der Waals surface area contributed by atoms with Crippen molar-refractivity contribution in [3.63, 3.8) is 0 Å². The summed E-state index contributed by atoms with van der Waals surface area (Å²) in [5.74, 6) is 2.48. The Hall–Kier alpha value is -0.260. The molecule has 0 N–H and O–H groups in total. The van der Waals surface area contributed by atoms with Crippen LogP contribution in [0.25, 0.3) is 0 Å². The zero-order chi connectivity index (χ0) is 12.6. The van der Waals surface area contributed by atoms with Crippen LogP contribution in [0.4, 0.5) is 0 Å². The Kier molecular flexibility index (Phi) is 8.70. The van der Waals surface area contributed by atoms with Crippen molar-refractivity contribution < 1.29 is 0 Å². The van der Waals surface area contributed by atoms with Crippen LogP contribution in [-0.2, 0) is 0 Å². The Morgan fingerprint density at radius 3 is 2.12 bits per heavy atom. The van der Waals surface area contributed by atoms with Crippen molar-refractivity contribution in [3.8, 4) is 0 Å². The molecule has 0 aromatic rings. The molecule has 0 aromatic carbocycles. The van der Waals surface area contributed by atoms with Gasteiger partial charge in [0.1, 0.15) is 0 Å². The van der Waals surface area contributed by atoms with Gasteiger partial charge in [0.25, 0.3) is 0 Å². The van der Waals surface area contributed by atoms with Crippen LogP contribution < -0.4 is 0 Å². The highest BCUT2D eigenvalue weighted by molar-refractivity contribution is 5.02. The van der Waals surface area contributed by atoms with Crippen LogP contribution in [0.3, 0.4) is 0 Å². The van der Waals surface area contributed by atoms with Gasteiger partial charge in [-0.1, -0.05) is 65.5 Å². The third-order valence-electron chi connectivity index (χ3n) is 3.98. The molecule has 0 aliphatic rings. The van der Waals surface area contributed by atoms with E-state index in [1.54, 1.807) is 5.57 Å². The highest BCUT2D eigenvalue weighted by Crippen LogP contribution is 2.29. The molecular formula is C16H32. The molecule has 0 aromatic heterocycles. The summed E-state index contributed by atoms with van der Waals surface area (Å²) in [4.78, 5) is 0. The van der Waals surface area contributed by atoms with Crippen molar-refractivity contribution in [1.29, 1.82) is 0 Å². The van der Waals surface area contributed by atoms with Crippen molar-refractivity contribution >= 4 is 0 Å². The van der Waals surface area contributed by atoms with Gasteiger partial charge >= 0.3 is 0 Å². The molecule has 0 saturated heterocycles. The summed E-state index contributed by atoms with van der Waals surface area (Å²) in [6.07, 6.45) is 9.08. The first kappa shape index (κ1) is 15.7. The molecule has 0 heteroatoms. The lowest BCUT2D eigenvalue weighted by molar-refractivity contribution is 0.282. The van der Waals surface area contributed by atoms with Crippen LogP contribution in [0.2, 0.25) is 0 Å². The lowest BCUT2D eigenvalue weighted by atomic mass is 9.79. The highest BCUT2D eigenvalue weighted by Gasteiger charge is 2.19. The van der Waals surface area contributed by atoms with E-state index in [4.69, 9.17) is 0 Å². The van der Waals surface area contributed by atoms with Gasteiger partial charge in [-0.25, -0.2) is 0 Å². The monoisotopic (exact) mass is 224 g/mol. The maximum Gasteiger partial charge on any atom is -0.0203 e. The Labute approximate surface area is 104 Å². The van der Waals surface area contributed by atoms with E-state index >= 15 is 0 Å². The van der Waals surface area contributed by atoms with E-state index in [9.17, 15) is 0 Å². The largest absolute Gasteiger partial charge is 0.0822 e. The fourth-order valence-electron chi connectivity index (χ4n) is 2.47. The van der Waals surface area contributed by atoms with Gasteiger partial charge in [0.2, 0.25) is 0 Å². The van der Waals surface area contributed by atoms with E-state index in [-0.39, 0.29) is 0 Å². The van der Waals surface area contributed by atoms with E-state index in [2.05, 4.69) is 47.6 Å². The first-order valence-corrected chi connectivity index (χ1v) is 7.23. The minimum Gasteiger partial charge on any atom is -0.0822 e. The van der Waals surface area contributed by atoms with Gasteiger partial charge in [0.05, 0.1) is 0 Å². The second-order valence-electron chi connectivity index (χ2n) is 5.46. The molecule has 0 radical (unpaired) electrons. The van der Waals surface area contributed by atoms with Crippen LogP contribution in [0.5, 0.6) is 0 Å². The summed E-state index contributed by atoms with van der Waals surface area (Å²) < 4.78 is 0. The topological polar surface area (TPSA) is 0 Å². The first-order chi connectivity index (χ1) is 7.56. The molecule has 0 fully saturated rings. The molecule has 16 heavy (non-hydrogen) atoms. The van der Waals surface area contributed by atoms with Crippen LogP contribution in [0.15, 0.2) is 11.6 Å². The molecule has 0 aliphatic heterocycles. The summed E-state index contributed by atoms with van der Waals surface area (Å²) >= 11 is 0. The molecular weight excluding hydrogens is 192 g/mol. The molecule has 0 rings (SSSR count). The van der Waals surface area contributed by atoms with E-state index in [0.29, 0.717) is 0 Å². The van der Waals surface area contributed by atoms with Crippen molar-refractivity contribution in [2.45, 2.75) is 73.6 Å². The lowest BCUT2D eigenvalue weighted by Gasteiger charge is -2.26. The summed E-state index contributed by atoms with van der Waals surface area (Å²) in [5.41, 5.74) is 1.59. The fraction of sp³-hybridized carbons (Fsp3) is 0.875. The van der Waals surface area contributed by atoms with Gasteiger partial charge in [0.15, 0.2) is 0 Å². The molecule has 3 unspecified atom stereocenters. The normalized spacial score (nSPS) is 18.2. The SMILES string of the molecule is CCCC(C)=CC(CCC)C(C)C(C)CC. The maximum absolute atomic E-state index is 2.56. The average molecular weight is 224 g/mol. The van der Waals surface area contributed by atoms with Crippen molar-refractivity contribution in [3.05, 3.63) is 11.6 Å². The molecule has 0 amide bonds. The third-order valence-corrected chi connectivity index (χ3v) is 3.98. The second kappa shape index (κ2) is 8.84. The first-order valence-electron chi connectivity index (χ1n) is 7.23. The lowest BCUT2D eigenvalue weighted by Crippen LogP contribution is -2.17. The van der Waals surface area contributed by atoms with Crippen LogP contribution >= 0.6 is 0 Å². The minimum atomic E-state index is 0.798. The van der Waals surface area contributed by atoms with Gasteiger partial charge < -0.3 is 0 Å². The summed E-state index contributed by atoms with van der Waals surface area (Å²) in [7, 11) is 0. The van der Waals surface area contributed by atoms with E-state index in [1.165, 1.54) is 32.1 Å². The van der Waals surface area contributed by atoms with Gasteiger partial charge in [-0.3, -0.25) is 0 Å². The molecule has 96 valence electrons. The van der Waals surface area contributed by atoms with Crippen molar-refractivity contribution in [2.75, 3.05) is 0 Å². The molecule has 0 bridgehead atoms. The van der Waals surface area contributed by atoms with Crippen molar-refractivity contribution in [1.82, 2.24) is 0 Å². The predicted molar refractivity (Wildman–Crippen MR) is 75.7 cm³/mol. The number of allylic oxidation sites excluding steroid dienone is 2. The van der Waals surface area contributed by atoms with Crippen molar-refractivity contribution in [2.24, 2.45) is 17.8 Å². The average Bonchev–Trinajstić information content (AvgIpc) is 2.26. The summed E-state index contributed by atoms with van der Waals surface area (Å²) in [6.45, 7) is 14.0. The Balaban J connectivity index is 4.52. The smallest absolute Gasteiger partial charge is 0.0203 e. The predicted octanol–water partition coefficient (Wildman–Crippen LogP) is 5.83. The standard InChI is InChI=1S/C16H32/c1-7-10-13(4)12-16(11-8-2)15(6)14(5)9-3/h12,14-16H,7-11H2,1-6H3. The molecule has 0 nitrogen and oxygen atoms in total. The molecule has 0 saturated carbocycles. The highest BCUT2D eigenvalue weighted by atomic mass is 14.2. The summed E-state index contributed by atoms with van der Waals surface area (Å²) in [6, 6.07) is 0. The van der Waals surface area contributed by atoms with Gasteiger partial charge in [0, 0.05) is 0 Å². The van der Waals surface area contributed by atoms with Crippen LogP contribution in [0, 0.1) is 17.8 Å². The Bertz CT molecular complexity index is 190. The van der Waals surface area contributed by atoms with E-state index in [0.717, 1.165) is 17.8 Å². The number of rotatable bonds is 8. The quantitative estimate of drug-likeness (QED) is 0.455. The van der Waals surface area contributed by atoms with Gasteiger partial charge in [-0.05, 0) is 37.5 Å². The number of hydrogen-bond acceptors (Lipinski definition) is 0. The molecule has 0 aliphatic carbocycles. The molecule has 0 heterocycles. The maximum atomic E-state index is 2.56. The van der Waals surface area contributed by atoms with Crippen LogP contribution in [-0.4, -0.2) is 0 Å². The summed E-state index contributed by atoms with van der Waals surface area (Å²) in [5, 5.41) is 0. The Morgan fingerprint density at radius 2 is 1.69 bits per heavy atom. The van der Waals surface area contributed by atoms with E-state index in [1.807, 2.05) is 0 Å².